The minimum atomic E-state index is -3.64. The Hall–Kier alpha value is -2.68. The van der Waals surface area contributed by atoms with Crippen LogP contribution in [0.15, 0.2) is 65.7 Å². The highest BCUT2D eigenvalue weighted by Gasteiger charge is 2.26. The van der Waals surface area contributed by atoms with Gasteiger partial charge in [0.25, 0.3) is 0 Å². The highest BCUT2D eigenvalue weighted by Crippen LogP contribution is 2.27. The number of ether oxygens (including phenoxy) is 2. The van der Waals surface area contributed by atoms with Crippen LogP contribution in [0.5, 0.6) is 11.5 Å². The number of fused-ring (bicyclic) bond motifs is 1. The summed E-state index contributed by atoms with van der Waals surface area (Å²) < 4.78 is 40.7. The van der Waals surface area contributed by atoms with Crippen LogP contribution in [0.3, 0.4) is 0 Å². The van der Waals surface area contributed by atoms with Crippen molar-refractivity contribution in [2.75, 3.05) is 26.2 Å². The standard InChI is InChI=1S/C25H31N3O4S/c1-19(2)32-23-10-4-3-9-22(23)31-18-17-28-15-12-21(13-16-28)27-33(29,30)24-11-5-7-20-8-6-14-26-25(20)24/h3-11,14,19,21,27H,12-13,15-18H2,1-2H3. The van der Waals surface area contributed by atoms with Crippen molar-refractivity contribution in [2.24, 2.45) is 0 Å². The number of benzene rings is 2. The van der Waals surface area contributed by atoms with E-state index in [2.05, 4.69) is 14.6 Å². The maximum Gasteiger partial charge on any atom is 0.242 e. The van der Waals surface area contributed by atoms with Crippen LogP contribution in [0.25, 0.3) is 10.9 Å². The van der Waals surface area contributed by atoms with Gasteiger partial charge in [-0.1, -0.05) is 30.3 Å². The lowest BCUT2D eigenvalue weighted by Gasteiger charge is -2.32. The number of nitrogens with one attached hydrogen (secondary N) is 1. The van der Waals surface area contributed by atoms with Crippen LogP contribution in [-0.4, -0.2) is 56.7 Å². The molecule has 0 aliphatic carbocycles. The van der Waals surface area contributed by atoms with Crippen LogP contribution in [0.4, 0.5) is 0 Å². The Labute approximate surface area is 195 Å². The van der Waals surface area contributed by atoms with Gasteiger partial charge in [0.15, 0.2) is 11.5 Å². The van der Waals surface area contributed by atoms with Gasteiger partial charge in [-0.3, -0.25) is 9.88 Å². The largest absolute Gasteiger partial charge is 0.488 e. The van der Waals surface area contributed by atoms with Gasteiger partial charge in [0.2, 0.25) is 10.0 Å². The Balaban J connectivity index is 1.28. The van der Waals surface area contributed by atoms with Crippen molar-refractivity contribution < 1.29 is 17.9 Å². The van der Waals surface area contributed by atoms with Gasteiger partial charge in [0.1, 0.15) is 11.5 Å². The second kappa shape index (κ2) is 10.5. The molecule has 8 heteroatoms. The summed E-state index contributed by atoms with van der Waals surface area (Å²) in [6.07, 6.45) is 3.21. The average molecular weight is 470 g/mol. The van der Waals surface area contributed by atoms with Gasteiger partial charge in [-0.05, 0) is 64.0 Å². The fraction of sp³-hybridized carbons (Fsp3) is 0.400. The predicted molar refractivity (Wildman–Crippen MR) is 129 cm³/mol. The number of nitrogens with zero attached hydrogens (tertiary/aromatic N) is 2. The molecule has 1 aromatic heterocycles. The molecule has 0 atom stereocenters. The fourth-order valence-electron chi connectivity index (χ4n) is 4.06. The lowest BCUT2D eigenvalue weighted by Crippen LogP contribution is -2.45. The van der Waals surface area contributed by atoms with Crippen LogP contribution in [-0.2, 0) is 10.0 Å². The minimum Gasteiger partial charge on any atom is -0.488 e. The molecule has 4 rings (SSSR count). The SMILES string of the molecule is CC(C)Oc1ccccc1OCCN1CCC(NS(=O)(=O)c2cccc3cccnc23)CC1. The third-order valence-corrected chi connectivity index (χ3v) is 7.22. The van der Waals surface area contributed by atoms with E-state index in [9.17, 15) is 8.42 Å². The zero-order valence-corrected chi connectivity index (χ0v) is 19.9. The number of para-hydroxylation sites is 3. The second-order valence-electron chi connectivity index (χ2n) is 8.53. The Morgan fingerprint density at radius 1 is 1.03 bits per heavy atom. The Kier molecular flexibility index (Phi) is 7.47. The molecule has 0 unspecified atom stereocenters. The molecular formula is C25H31N3O4S. The van der Waals surface area contributed by atoms with Gasteiger partial charge in [-0.2, -0.15) is 0 Å². The van der Waals surface area contributed by atoms with E-state index in [-0.39, 0.29) is 17.0 Å². The first-order valence-corrected chi connectivity index (χ1v) is 12.9. The summed E-state index contributed by atoms with van der Waals surface area (Å²) >= 11 is 0. The molecule has 7 nitrogen and oxygen atoms in total. The third-order valence-electron chi connectivity index (χ3n) is 5.67. The molecule has 0 saturated carbocycles. The smallest absolute Gasteiger partial charge is 0.242 e. The molecule has 1 aliphatic heterocycles. The topological polar surface area (TPSA) is 80.8 Å². The van der Waals surface area contributed by atoms with Crippen molar-refractivity contribution in [3.05, 3.63) is 60.8 Å². The monoisotopic (exact) mass is 469 g/mol. The molecule has 1 N–H and O–H groups in total. The van der Waals surface area contributed by atoms with Crippen molar-refractivity contribution in [2.45, 2.75) is 43.7 Å². The molecule has 2 heterocycles. The fourth-order valence-corrected chi connectivity index (χ4v) is 5.54. The lowest BCUT2D eigenvalue weighted by molar-refractivity contribution is 0.164. The highest BCUT2D eigenvalue weighted by atomic mass is 32.2. The summed E-state index contributed by atoms with van der Waals surface area (Å²) in [5.41, 5.74) is 0.504. The second-order valence-corrected chi connectivity index (χ2v) is 10.2. The van der Waals surface area contributed by atoms with Gasteiger partial charge in [-0.25, -0.2) is 13.1 Å². The first-order valence-electron chi connectivity index (χ1n) is 11.4. The summed E-state index contributed by atoms with van der Waals surface area (Å²) in [5, 5.41) is 0.815. The Bertz CT molecular complexity index is 1170. The highest BCUT2D eigenvalue weighted by molar-refractivity contribution is 7.89. The maximum atomic E-state index is 13.0. The molecular weight excluding hydrogens is 438 g/mol. The molecule has 33 heavy (non-hydrogen) atoms. The minimum absolute atomic E-state index is 0.0854. The van der Waals surface area contributed by atoms with Crippen LogP contribution < -0.4 is 14.2 Å². The molecule has 1 saturated heterocycles. The van der Waals surface area contributed by atoms with Crippen LogP contribution >= 0.6 is 0 Å². The summed E-state index contributed by atoms with van der Waals surface area (Å²) in [6, 6.07) is 16.5. The summed E-state index contributed by atoms with van der Waals surface area (Å²) in [4.78, 5) is 6.82. The molecule has 3 aromatic rings. The normalized spacial score (nSPS) is 15.7. The molecule has 0 radical (unpaired) electrons. The number of sulfonamides is 1. The number of aromatic nitrogens is 1. The van der Waals surface area contributed by atoms with Crippen molar-refractivity contribution in [1.29, 1.82) is 0 Å². The van der Waals surface area contributed by atoms with Crippen LogP contribution in [0, 0.1) is 0 Å². The van der Waals surface area contributed by atoms with Gasteiger partial charge in [0, 0.05) is 24.2 Å². The quantitative estimate of drug-likeness (QED) is 0.513. The van der Waals surface area contributed by atoms with E-state index in [1.165, 1.54) is 0 Å². The zero-order chi connectivity index (χ0) is 23.3. The first kappa shape index (κ1) is 23.5. The molecule has 1 aliphatic rings. The molecule has 1 fully saturated rings. The van der Waals surface area contributed by atoms with E-state index in [0.29, 0.717) is 12.1 Å². The van der Waals surface area contributed by atoms with Crippen molar-refractivity contribution >= 4 is 20.9 Å². The number of hydrogen-bond donors (Lipinski definition) is 1. The summed E-state index contributed by atoms with van der Waals surface area (Å²) in [5.74, 6) is 1.50. The number of likely N-dealkylation sites (tertiary alicyclic amines) is 1. The Morgan fingerprint density at radius 2 is 1.76 bits per heavy atom. The number of piperidine rings is 1. The van der Waals surface area contributed by atoms with Crippen molar-refractivity contribution in [3.63, 3.8) is 0 Å². The number of hydrogen-bond acceptors (Lipinski definition) is 6. The van der Waals surface area contributed by atoms with Gasteiger partial charge >= 0.3 is 0 Å². The third kappa shape index (κ3) is 6.01. The van der Waals surface area contributed by atoms with Crippen molar-refractivity contribution in [3.8, 4) is 11.5 Å². The predicted octanol–water partition coefficient (Wildman–Crippen LogP) is 3.84. The van der Waals surface area contributed by atoms with E-state index in [4.69, 9.17) is 9.47 Å². The molecule has 0 amide bonds. The van der Waals surface area contributed by atoms with Crippen LogP contribution in [0.2, 0.25) is 0 Å². The lowest BCUT2D eigenvalue weighted by atomic mass is 10.1. The van der Waals surface area contributed by atoms with Crippen LogP contribution in [0.1, 0.15) is 26.7 Å². The van der Waals surface area contributed by atoms with Gasteiger partial charge in [0.05, 0.1) is 11.6 Å². The van der Waals surface area contributed by atoms with E-state index in [1.54, 1.807) is 18.3 Å². The number of rotatable bonds is 9. The maximum absolute atomic E-state index is 13.0. The average Bonchev–Trinajstić information content (AvgIpc) is 2.80. The van der Waals surface area contributed by atoms with Gasteiger partial charge < -0.3 is 9.47 Å². The van der Waals surface area contributed by atoms with E-state index in [0.717, 1.165) is 49.4 Å². The Morgan fingerprint density at radius 3 is 2.52 bits per heavy atom. The van der Waals surface area contributed by atoms with E-state index in [1.807, 2.05) is 56.3 Å². The van der Waals surface area contributed by atoms with E-state index < -0.39 is 10.0 Å². The zero-order valence-electron chi connectivity index (χ0n) is 19.1. The van der Waals surface area contributed by atoms with Gasteiger partial charge in [-0.15, -0.1) is 0 Å². The molecule has 0 bridgehead atoms. The summed E-state index contributed by atoms with van der Waals surface area (Å²) in [7, 11) is -3.64. The number of pyridine rings is 1. The molecule has 176 valence electrons. The summed E-state index contributed by atoms with van der Waals surface area (Å²) in [6.45, 7) is 6.94. The molecule has 0 spiro atoms. The van der Waals surface area contributed by atoms with E-state index >= 15 is 0 Å². The first-order chi connectivity index (χ1) is 15.9. The van der Waals surface area contributed by atoms with Crippen molar-refractivity contribution in [1.82, 2.24) is 14.6 Å². The molecule has 2 aromatic carbocycles.